The third-order valence-corrected chi connectivity index (χ3v) is 3.62. The van der Waals surface area contributed by atoms with Gasteiger partial charge < -0.3 is 15.1 Å². The second-order valence-electron chi connectivity index (χ2n) is 5.16. The number of aromatic nitrogens is 1. The number of amides is 2. The predicted molar refractivity (Wildman–Crippen MR) is 75.9 cm³/mol. The molecule has 1 saturated carbocycles. The van der Waals surface area contributed by atoms with Crippen LogP contribution in [0.1, 0.15) is 32.1 Å². The smallest absolute Gasteiger partial charge is 0.408 e. The molecule has 0 saturated heterocycles. The minimum atomic E-state index is -0.496. The summed E-state index contributed by atoms with van der Waals surface area (Å²) in [5, 5.41) is 5.74. The fourth-order valence-corrected chi connectivity index (χ4v) is 2.62. The Morgan fingerprint density at radius 2 is 2.05 bits per heavy atom. The van der Waals surface area contributed by atoms with E-state index in [4.69, 9.17) is 4.42 Å². The molecule has 6 nitrogen and oxygen atoms in total. The molecule has 0 aliphatic heterocycles. The van der Waals surface area contributed by atoms with Crippen molar-refractivity contribution in [2.24, 2.45) is 0 Å². The lowest BCUT2D eigenvalue weighted by atomic mass is 9.96. The molecular formula is C14H17N3O3. The molecule has 6 heteroatoms. The van der Waals surface area contributed by atoms with Crippen molar-refractivity contribution in [3.05, 3.63) is 28.7 Å². The monoisotopic (exact) mass is 275 g/mol. The van der Waals surface area contributed by atoms with Crippen LogP contribution in [0.2, 0.25) is 0 Å². The normalized spacial score (nSPS) is 16.2. The number of fused-ring (bicyclic) bond motifs is 1. The van der Waals surface area contributed by atoms with Crippen molar-refractivity contribution < 1.29 is 9.21 Å². The lowest BCUT2D eigenvalue weighted by Crippen LogP contribution is -2.38. The van der Waals surface area contributed by atoms with Gasteiger partial charge in [0, 0.05) is 17.8 Å². The number of rotatable bonds is 2. The zero-order valence-corrected chi connectivity index (χ0v) is 11.1. The molecule has 1 heterocycles. The zero-order valence-electron chi connectivity index (χ0n) is 11.1. The van der Waals surface area contributed by atoms with Gasteiger partial charge in [-0.25, -0.2) is 9.59 Å². The summed E-state index contributed by atoms with van der Waals surface area (Å²) in [5.41, 5.74) is 1.66. The summed E-state index contributed by atoms with van der Waals surface area (Å²) in [6.45, 7) is 0. The van der Waals surface area contributed by atoms with E-state index in [9.17, 15) is 9.59 Å². The first-order valence-electron chi connectivity index (χ1n) is 6.91. The molecular weight excluding hydrogens is 258 g/mol. The molecule has 0 spiro atoms. The maximum atomic E-state index is 11.9. The molecule has 1 aromatic carbocycles. The van der Waals surface area contributed by atoms with E-state index in [0.29, 0.717) is 16.8 Å². The molecule has 0 atom stereocenters. The van der Waals surface area contributed by atoms with Crippen molar-refractivity contribution in [1.29, 1.82) is 0 Å². The summed E-state index contributed by atoms with van der Waals surface area (Å²) in [5.74, 6) is -0.496. The maximum absolute atomic E-state index is 11.9. The van der Waals surface area contributed by atoms with Gasteiger partial charge in [-0.3, -0.25) is 4.98 Å². The Balaban J connectivity index is 1.65. The van der Waals surface area contributed by atoms with E-state index in [1.54, 1.807) is 18.2 Å². The highest BCUT2D eigenvalue weighted by Gasteiger charge is 2.15. The van der Waals surface area contributed by atoms with Crippen molar-refractivity contribution in [1.82, 2.24) is 10.3 Å². The maximum Gasteiger partial charge on any atom is 0.417 e. The summed E-state index contributed by atoms with van der Waals surface area (Å²) in [6.07, 6.45) is 5.68. The predicted octanol–water partition coefficient (Wildman–Crippen LogP) is 2.58. The first-order valence-corrected chi connectivity index (χ1v) is 6.91. The van der Waals surface area contributed by atoms with Gasteiger partial charge in [-0.15, -0.1) is 0 Å². The van der Waals surface area contributed by atoms with Gasteiger partial charge in [0.25, 0.3) is 0 Å². The van der Waals surface area contributed by atoms with Gasteiger partial charge in [0.15, 0.2) is 5.58 Å². The fraction of sp³-hybridized carbons (Fsp3) is 0.429. The van der Waals surface area contributed by atoms with Crippen molar-refractivity contribution in [2.75, 3.05) is 5.32 Å². The lowest BCUT2D eigenvalue weighted by Gasteiger charge is -2.22. The van der Waals surface area contributed by atoms with Gasteiger partial charge in [0.1, 0.15) is 0 Å². The molecule has 1 aromatic heterocycles. The Hall–Kier alpha value is -2.24. The Morgan fingerprint density at radius 3 is 2.85 bits per heavy atom. The quantitative estimate of drug-likeness (QED) is 0.787. The number of urea groups is 1. The van der Waals surface area contributed by atoms with E-state index < -0.39 is 5.76 Å². The van der Waals surface area contributed by atoms with E-state index in [-0.39, 0.29) is 12.1 Å². The molecule has 0 unspecified atom stereocenters. The topological polar surface area (TPSA) is 87.1 Å². The van der Waals surface area contributed by atoms with Crippen molar-refractivity contribution in [3.8, 4) is 0 Å². The number of carbonyl (C=O) groups is 1. The van der Waals surface area contributed by atoms with Gasteiger partial charge >= 0.3 is 11.8 Å². The van der Waals surface area contributed by atoms with Gasteiger partial charge in [0.05, 0.1) is 5.52 Å². The summed E-state index contributed by atoms with van der Waals surface area (Å²) in [7, 11) is 0. The van der Waals surface area contributed by atoms with E-state index in [0.717, 1.165) is 12.8 Å². The first-order chi connectivity index (χ1) is 9.70. The Kier molecular flexibility index (Phi) is 3.45. The lowest BCUT2D eigenvalue weighted by molar-refractivity contribution is 0.244. The second-order valence-corrected chi connectivity index (χ2v) is 5.16. The highest BCUT2D eigenvalue weighted by Crippen LogP contribution is 2.18. The summed E-state index contributed by atoms with van der Waals surface area (Å²) >= 11 is 0. The molecule has 2 aromatic rings. The highest BCUT2D eigenvalue weighted by molar-refractivity contribution is 5.91. The van der Waals surface area contributed by atoms with Crippen LogP contribution >= 0.6 is 0 Å². The molecule has 20 heavy (non-hydrogen) atoms. The van der Waals surface area contributed by atoms with E-state index in [1.807, 2.05) is 0 Å². The minimum absolute atomic E-state index is 0.214. The van der Waals surface area contributed by atoms with Crippen LogP contribution < -0.4 is 16.4 Å². The molecule has 1 aliphatic carbocycles. The van der Waals surface area contributed by atoms with E-state index in [2.05, 4.69) is 15.6 Å². The number of anilines is 1. The van der Waals surface area contributed by atoms with Crippen LogP contribution in [0.5, 0.6) is 0 Å². The molecule has 2 amide bonds. The number of hydrogen-bond donors (Lipinski definition) is 3. The van der Waals surface area contributed by atoms with Crippen LogP contribution in [0, 0.1) is 0 Å². The molecule has 1 aliphatic rings. The zero-order chi connectivity index (χ0) is 13.9. The highest BCUT2D eigenvalue weighted by atomic mass is 16.4. The first kappa shape index (κ1) is 12.8. The SMILES string of the molecule is O=C(Nc1ccc2[nH]c(=O)oc2c1)NC1CCCCC1. The third kappa shape index (κ3) is 2.84. The standard InChI is InChI=1S/C14H17N3O3/c18-13(15-9-4-2-1-3-5-9)16-10-6-7-11-12(8-10)20-14(19)17-11/h6-9H,1-5H2,(H,17,19)(H2,15,16,18). The Morgan fingerprint density at radius 1 is 1.25 bits per heavy atom. The summed E-state index contributed by atoms with van der Waals surface area (Å²) < 4.78 is 4.96. The second kappa shape index (κ2) is 5.40. The van der Waals surface area contributed by atoms with Crippen LogP contribution in [-0.4, -0.2) is 17.1 Å². The van der Waals surface area contributed by atoms with E-state index >= 15 is 0 Å². The Labute approximate surface area is 115 Å². The summed E-state index contributed by atoms with van der Waals surface area (Å²) in [6, 6.07) is 5.12. The average molecular weight is 275 g/mol. The number of carbonyl (C=O) groups excluding carboxylic acids is 1. The fourth-order valence-electron chi connectivity index (χ4n) is 2.62. The van der Waals surface area contributed by atoms with Crippen LogP contribution in [0.15, 0.2) is 27.4 Å². The number of H-pyrrole nitrogens is 1. The van der Waals surface area contributed by atoms with Crippen molar-refractivity contribution >= 4 is 22.8 Å². The van der Waals surface area contributed by atoms with E-state index in [1.165, 1.54) is 19.3 Å². The van der Waals surface area contributed by atoms with Crippen LogP contribution in [0.4, 0.5) is 10.5 Å². The van der Waals surface area contributed by atoms with Crippen molar-refractivity contribution in [3.63, 3.8) is 0 Å². The number of oxazole rings is 1. The number of benzene rings is 1. The molecule has 3 rings (SSSR count). The molecule has 1 fully saturated rings. The molecule has 106 valence electrons. The van der Waals surface area contributed by atoms with Crippen LogP contribution in [0.25, 0.3) is 11.1 Å². The molecule has 0 bridgehead atoms. The average Bonchev–Trinajstić information content (AvgIpc) is 2.79. The molecule has 3 N–H and O–H groups in total. The Bertz CT molecular complexity index is 668. The van der Waals surface area contributed by atoms with Crippen LogP contribution in [0.3, 0.4) is 0 Å². The van der Waals surface area contributed by atoms with Gasteiger partial charge in [-0.05, 0) is 25.0 Å². The van der Waals surface area contributed by atoms with Gasteiger partial charge in [0.2, 0.25) is 0 Å². The third-order valence-electron chi connectivity index (χ3n) is 3.62. The van der Waals surface area contributed by atoms with Crippen molar-refractivity contribution in [2.45, 2.75) is 38.1 Å². The number of aromatic amines is 1. The van der Waals surface area contributed by atoms with Gasteiger partial charge in [-0.1, -0.05) is 19.3 Å². The minimum Gasteiger partial charge on any atom is -0.408 e. The number of hydrogen-bond acceptors (Lipinski definition) is 3. The van der Waals surface area contributed by atoms with Crippen LogP contribution in [-0.2, 0) is 0 Å². The molecule has 0 radical (unpaired) electrons. The number of nitrogens with one attached hydrogen (secondary N) is 3. The summed E-state index contributed by atoms with van der Waals surface area (Å²) in [4.78, 5) is 25.5. The largest absolute Gasteiger partial charge is 0.417 e. The van der Waals surface area contributed by atoms with Gasteiger partial charge in [-0.2, -0.15) is 0 Å².